The van der Waals surface area contributed by atoms with Crippen molar-refractivity contribution in [2.75, 3.05) is 11.9 Å². The summed E-state index contributed by atoms with van der Waals surface area (Å²) in [4.78, 5) is 28.8. The maximum Gasteiger partial charge on any atom is 0.253 e. The molecule has 1 atom stereocenters. The van der Waals surface area contributed by atoms with Gasteiger partial charge in [0.15, 0.2) is 0 Å². The smallest absolute Gasteiger partial charge is 0.253 e. The number of amides is 2. The molecule has 1 saturated heterocycles. The summed E-state index contributed by atoms with van der Waals surface area (Å²) in [7, 11) is 0. The Morgan fingerprint density at radius 2 is 1.94 bits per heavy atom. The number of pyridine rings is 1. The van der Waals surface area contributed by atoms with E-state index in [4.69, 9.17) is 9.47 Å². The molecule has 2 amide bonds. The first-order valence-electron chi connectivity index (χ1n) is 10.6. The fourth-order valence-corrected chi connectivity index (χ4v) is 3.38. The number of ether oxygens (including phenoxy) is 2. The summed E-state index contributed by atoms with van der Waals surface area (Å²) in [5, 5.41) is 5.72. The number of rotatable bonds is 8. The number of carbonyl (C=O) groups is 2. The van der Waals surface area contributed by atoms with E-state index in [1.165, 1.54) is 0 Å². The average molecular weight is 431 g/mol. The van der Waals surface area contributed by atoms with E-state index in [9.17, 15) is 9.59 Å². The van der Waals surface area contributed by atoms with Crippen molar-refractivity contribution in [3.63, 3.8) is 0 Å². The maximum absolute atomic E-state index is 12.6. The van der Waals surface area contributed by atoms with E-state index in [0.717, 1.165) is 29.7 Å². The number of anilines is 1. The minimum absolute atomic E-state index is 0.175. The summed E-state index contributed by atoms with van der Waals surface area (Å²) >= 11 is 0. The fourth-order valence-electron chi connectivity index (χ4n) is 3.38. The monoisotopic (exact) mass is 431 g/mol. The molecule has 164 valence electrons. The van der Waals surface area contributed by atoms with Gasteiger partial charge in [0.25, 0.3) is 11.8 Å². The zero-order valence-electron chi connectivity index (χ0n) is 17.6. The molecule has 0 bridgehead atoms. The SMILES string of the molecule is O=C(NCc1ccc(OCc2cccnc2)cc1)c1cccc(NC(=O)C2CCCO2)c1. The van der Waals surface area contributed by atoms with E-state index in [-0.39, 0.29) is 11.8 Å². The maximum atomic E-state index is 12.6. The molecule has 1 aliphatic heterocycles. The summed E-state index contributed by atoms with van der Waals surface area (Å²) in [6.07, 6.45) is 4.69. The van der Waals surface area contributed by atoms with Gasteiger partial charge in [-0.05, 0) is 54.8 Å². The van der Waals surface area contributed by atoms with Gasteiger partial charge in [-0.15, -0.1) is 0 Å². The van der Waals surface area contributed by atoms with Crippen molar-refractivity contribution >= 4 is 17.5 Å². The van der Waals surface area contributed by atoms with Crippen LogP contribution in [0.5, 0.6) is 5.75 Å². The zero-order valence-corrected chi connectivity index (χ0v) is 17.6. The number of hydrogen-bond donors (Lipinski definition) is 2. The second kappa shape index (κ2) is 10.5. The molecule has 2 heterocycles. The minimum Gasteiger partial charge on any atom is -0.489 e. The van der Waals surface area contributed by atoms with E-state index in [2.05, 4.69) is 15.6 Å². The number of aromatic nitrogens is 1. The summed E-state index contributed by atoms with van der Waals surface area (Å²) in [6, 6.07) is 18.3. The third-order valence-corrected chi connectivity index (χ3v) is 5.12. The molecule has 0 radical (unpaired) electrons. The predicted octanol–water partition coefficient (Wildman–Crippen LogP) is 3.71. The van der Waals surface area contributed by atoms with Gasteiger partial charge < -0.3 is 20.1 Å². The lowest BCUT2D eigenvalue weighted by Crippen LogP contribution is -2.27. The molecular formula is C25H25N3O4. The van der Waals surface area contributed by atoms with Crippen LogP contribution >= 0.6 is 0 Å². The van der Waals surface area contributed by atoms with Crippen LogP contribution in [0.3, 0.4) is 0 Å². The second-order valence-electron chi connectivity index (χ2n) is 7.55. The van der Waals surface area contributed by atoms with Gasteiger partial charge in [0.1, 0.15) is 18.5 Å². The summed E-state index contributed by atoms with van der Waals surface area (Å²) in [5.41, 5.74) is 3.01. The first-order chi connectivity index (χ1) is 15.7. The molecule has 2 N–H and O–H groups in total. The van der Waals surface area contributed by atoms with Gasteiger partial charge in [-0.25, -0.2) is 0 Å². The van der Waals surface area contributed by atoms with E-state index in [0.29, 0.717) is 31.0 Å². The molecule has 3 aromatic rings. The quantitative estimate of drug-likeness (QED) is 0.568. The highest BCUT2D eigenvalue weighted by molar-refractivity contribution is 5.98. The Labute approximate surface area is 186 Å². The molecular weight excluding hydrogens is 406 g/mol. The van der Waals surface area contributed by atoms with Gasteiger partial charge in [0.2, 0.25) is 0 Å². The molecule has 7 nitrogen and oxygen atoms in total. The third-order valence-electron chi connectivity index (χ3n) is 5.12. The van der Waals surface area contributed by atoms with E-state index in [1.807, 2.05) is 36.4 Å². The van der Waals surface area contributed by atoms with Crippen molar-refractivity contribution < 1.29 is 19.1 Å². The highest BCUT2D eigenvalue weighted by atomic mass is 16.5. The van der Waals surface area contributed by atoms with E-state index in [1.54, 1.807) is 36.7 Å². The number of nitrogens with one attached hydrogen (secondary N) is 2. The minimum atomic E-state index is -0.413. The van der Waals surface area contributed by atoms with E-state index >= 15 is 0 Å². The van der Waals surface area contributed by atoms with Crippen LogP contribution in [-0.4, -0.2) is 29.5 Å². The standard InChI is InChI=1S/C25H25N3O4/c29-24(20-5-1-6-21(14-20)28-25(30)23-7-3-13-31-23)27-16-18-8-10-22(11-9-18)32-17-19-4-2-12-26-15-19/h1-2,4-6,8-12,14-15,23H,3,7,13,16-17H2,(H,27,29)(H,28,30). The van der Waals surface area contributed by atoms with Crippen molar-refractivity contribution in [1.29, 1.82) is 0 Å². The van der Waals surface area contributed by atoms with Crippen LogP contribution < -0.4 is 15.4 Å². The summed E-state index contributed by atoms with van der Waals surface area (Å²) in [6.45, 7) is 1.44. The molecule has 1 aliphatic rings. The van der Waals surface area contributed by atoms with Crippen LogP contribution in [0, 0.1) is 0 Å². The van der Waals surface area contributed by atoms with Gasteiger partial charge >= 0.3 is 0 Å². The molecule has 1 unspecified atom stereocenters. The number of nitrogens with zero attached hydrogens (tertiary/aromatic N) is 1. The first kappa shape index (κ1) is 21.5. The van der Waals surface area contributed by atoms with Gasteiger partial charge in [0.05, 0.1) is 0 Å². The Hall–Kier alpha value is -3.71. The number of hydrogen-bond acceptors (Lipinski definition) is 5. The second-order valence-corrected chi connectivity index (χ2v) is 7.55. The summed E-state index contributed by atoms with van der Waals surface area (Å²) < 4.78 is 11.1. The Balaban J connectivity index is 1.27. The summed E-state index contributed by atoms with van der Waals surface area (Å²) in [5.74, 6) is 0.361. The van der Waals surface area contributed by atoms with Crippen LogP contribution in [0.2, 0.25) is 0 Å². The zero-order chi connectivity index (χ0) is 22.2. The normalized spacial score (nSPS) is 15.2. The number of benzene rings is 2. The van der Waals surface area contributed by atoms with Crippen molar-refractivity contribution in [3.05, 3.63) is 89.7 Å². The van der Waals surface area contributed by atoms with Gasteiger partial charge in [0, 0.05) is 42.4 Å². The molecule has 1 aromatic heterocycles. The molecule has 0 saturated carbocycles. The molecule has 1 fully saturated rings. The van der Waals surface area contributed by atoms with Crippen molar-refractivity contribution in [2.45, 2.75) is 32.1 Å². The van der Waals surface area contributed by atoms with Crippen LogP contribution in [0.25, 0.3) is 0 Å². The Morgan fingerprint density at radius 1 is 1.06 bits per heavy atom. The van der Waals surface area contributed by atoms with Crippen LogP contribution in [0.1, 0.15) is 34.3 Å². The van der Waals surface area contributed by atoms with Crippen LogP contribution in [-0.2, 0) is 22.7 Å². The Morgan fingerprint density at radius 3 is 2.69 bits per heavy atom. The van der Waals surface area contributed by atoms with Gasteiger partial charge in [-0.3, -0.25) is 14.6 Å². The molecule has 4 rings (SSSR count). The number of carbonyl (C=O) groups excluding carboxylic acids is 2. The third kappa shape index (κ3) is 5.92. The van der Waals surface area contributed by atoms with Crippen molar-refractivity contribution in [3.8, 4) is 5.75 Å². The first-order valence-corrected chi connectivity index (χ1v) is 10.6. The highest BCUT2D eigenvalue weighted by Gasteiger charge is 2.23. The molecule has 32 heavy (non-hydrogen) atoms. The fraction of sp³-hybridized carbons (Fsp3) is 0.240. The molecule has 2 aromatic carbocycles. The lowest BCUT2D eigenvalue weighted by Gasteiger charge is -2.12. The lowest BCUT2D eigenvalue weighted by atomic mass is 10.1. The average Bonchev–Trinajstić information content (AvgIpc) is 3.38. The van der Waals surface area contributed by atoms with E-state index < -0.39 is 6.10 Å². The van der Waals surface area contributed by atoms with Crippen LogP contribution in [0.15, 0.2) is 73.1 Å². The predicted molar refractivity (Wildman–Crippen MR) is 120 cm³/mol. The largest absolute Gasteiger partial charge is 0.489 e. The lowest BCUT2D eigenvalue weighted by molar-refractivity contribution is -0.124. The molecule has 0 aliphatic carbocycles. The van der Waals surface area contributed by atoms with Crippen molar-refractivity contribution in [2.24, 2.45) is 0 Å². The van der Waals surface area contributed by atoms with Crippen LogP contribution in [0.4, 0.5) is 5.69 Å². The van der Waals surface area contributed by atoms with Gasteiger partial charge in [-0.2, -0.15) is 0 Å². The highest BCUT2D eigenvalue weighted by Crippen LogP contribution is 2.17. The molecule has 7 heteroatoms. The van der Waals surface area contributed by atoms with Crippen molar-refractivity contribution in [1.82, 2.24) is 10.3 Å². The molecule has 0 spiro atoms. The topological polar surface area (TPSA) is 89.5 Å². The van der Waals surface area contributed by atoms with Gasteiger partial charge in [-0.1, -0.05) is 24.3 Å². The Kier molecular flexibility index (Phi) is 7.09. The Bertz CT molecular complexity index is 1050.